The molecule has 0 aliphatic heterocycles. The van der Waals surface area contributed by atoms with Crippen LogP contribution in [0.4, 0.5) is 0 Å². The van der Waals surface area contributed by atoms with Crippen molar-refractivity contribution in [2.45, 2.75) is 27.7 Å². The minimum absolute atomic E-state index is 0.120. The summed E-state index contributed by atoms with van der Waals surface area (Å²) in [7, 11) is 0. The zero-order chi connectivity index (χ0) is 13.4. The highest BCUT2D eigenvalue weighted by Gasteiger charge is 2.19. The van der Waals surface area contributed by atoms with Crippen LogP contribution in [0.5, 0.6) is 0 Å². The van der Waals surface area contributed by atoms with Crippen molar-refractivity contribution < 1.29 is 4.79 Å². The molecule has 2 aromatic rings. The molecule has 0 amide bonds. The number of thiophene rings is 1. The Labute approximate surface area is 120 Å². The maximum Gasteiger partial charge on any atom is 0.204 e. The number of carbonyl (C=O) groups is 1. The average Bonchev–Trinajstić information content (AvgIpc) is 2.56. The van der Waals surface area contributed by atoms with E-state index in [1.54, 1.807) is 11.3 Å². The zero-order valence-electron chi connectivity index (χ0n) is 10.9. The van der Waals surface area contributed by atoms with Gasteiger partial charge in [-0.05, 0) is 60.8 Å². The van der Waals surface area contributed by atoms with E-state index in [1.807, 2.05) is 26.8 Å². The predicted octanol–water partition coefficient (Wildman–Crippen LogP) is 4.98. The van der Waals surface area contributed by atoms with Gasteiger partial charge in [0.05, 0.1) is 4.88 Å². The van der Waals surface area contributed by atoms with Gasteiger partial charge < -0.3 is 0 Å². The van der Waals surface area contributed by atoms with Gasteiger partial charge in [0, 0.05) is 14.9 Å². The maximum atomic E-state index is 12.6. The van der Waals surface area contributed by atoms with Crippen LogP contribution in [0.25, 0.3) is 0 Å². The third-order valence-corrected chi connectivity index (χ3v) is 4.86. The fourth-order valence-corrected chi connectivity index (χ4v) is 4.06. The van der Waals surface area contributed by atoms with Crippen LogP contribution in [0.15, 0.2) is 22.7 Å². The Hall–Kier alpha value is -0.930. The minimum Gasteiger partial charge on any atom is -0.288 e. The summed E-state index contributed by atoms with van der Waals surface area (Å²) < 4.78 is 0.898. The van der Waals surface area contributed by atoms with Crippen molar-refractivity contribution in [3.05, 3.63) is 54.7 Å². The number of rotatable bonds is 2. The van der Waals surface area contributed by atoms with Gasteiger partial charge in [0.25, 0.3) is 0 Å². The number of hydrogen-bond donors (Lipinski definition) is 0. The molecule has 0 spiro atoms. The van der Waals surface area contributed by atoms with Crippen LogP contribution in [-0.2, 0) is 0 Å². The summed E-state index contributed by atoms with van der Waals surface area (Å²) in [5, 5.41) is 0. The Bertz CT molecular complexity index is 602. The lowest BCUT2D eigenvalue weighted by atomic mass is 9.96. The number of carbonyl (C=O) groups excluding carboxylic acids is 1. The van der Waals surface area contributed by atoms with E-state index in [0.717, 1.165) is 30.9 Å². The quantitative estimate of drug-likeness (QED) is 0.713. The second-order valence-electron chi connectivity index (χ2n) is 4.64. The molecule has 0 aliphatic carbocycles. The van der Waals surface area contributed by atoms with Gasteiger partial charge in [0.15, 0.2) is 0 Å². The molecule has 1 aromatic carbocycles. The molecule has 0 atom stereocenters. The largest absolute Gasteiger partial charge is 0.288 e. The first-order valence-corrected chi connectivity index (χ1v) is 7.39. The fraction of sp³-hybridized carbons (Fsp3) is 0.267. The van der Waals surface area contributed by atoms with Crippen LogP contribution in [0, 0.1) is 27.7 Å². The van der Waals surface area contributed by atoms with Crippen molar-refractivity contribution in [1.82, 2.24) is 0 Å². The predicted molar refractivity (Wildman–Crippen MR) is 80.8 cm³/mol. The number of halogens is 1. The van der Waals surface area contributed by atoms with E-state index in [2.05, 4.69) is 35.0 Å². The monoisotopic (exact) mass is 322 g/mol. The smallest absolute Gasteiger partial charge is 0.204 e. The van der Waals surface area contributed by atoms with Gasteiger partial charge in [-0.25, -0.2) is 0 Å². The number of ketones is 1. The van der Waals surface area contributed by atoms with Crippen molar-refractivity contribution in [1.29, 1.82) is 0 Å². The van der Waals surface area contributed by atoms with E-state index in [1.165, 1.54) is 5.56 Å². The Morgan fingerprint density at radius 2 is 1.61 bits per heavy atom. The molecule has 3 heteroatoms. The van der Waals surface area contributed by atoms with Crippen molar-refractivity contribution in [2.24, 2.45) is 0 Å². The fourth-order valence-electron chi connectivity index (χ4n) is 2.29. The maximum absolute atomic E-state index is 12.6. The van der Waals surface area contributed by atoms with E-state index in [0.29, 0.717) is 0 Å². The van der Waals surface area contributed by atoms with Gasteiger partial charge in [0.1, 0.15) is 0 Å². The zero-order valence-corrected chi connectivity index (χ0v) is 13.3. The first-order chi connectivity index (χ1) is 8.40. The first kappa shape index (κ1) is 13.5. The standard InChI is InChI=1S/C15H15BrOS/c1-8-5-9(2)13(10(3)6-8)14(17)15-12(16)7-11(4)18-15/h5-7H,1-4H3. The van der Waals surface area contributed by atoms with Gasteiger partial charge in [-0.1, -0.05) is 17.7 Å². The highest BCUT2D eigenvalue weighted by molar-refractivity contribution is 9.10. The molecule has 0 N–H and O–H groups in total. The summed E-state index contributed by atoms with van der Waals surface area (Å²) >= 11 is 5.01. The second-order valence-corrected chi connectivity index (χ2v) is 6.75. The second kappa shape index (κ2) is 4.98. The summed E-state index contributed by atoms with van der Waals surface area (Å²) in [6, 6.07) is 6.12. The molecule has 0 radical (unpaired) electrons. The molecule has 1 aromatic heterocycles. The molecule has 0 bridgehead atoms. The van der Waals surface area contributed by atoms with Crippen LogP contribution >= 0.6 is 27.3 Å². The lowest BCUT2D eigenvalue weighted by Crippen LogP contribution is -2.05. The Morgan fingerprint density at radius 3 is 2.06 bits per heavy atom. The number of aryl methyl sites for hydroxylation is 4. The molecule has 0 saturated heterocycles. The number of hydrogen-bond acceptors (Lipinski definition) is 2. The van der Waals surface area contributed by atoms with Crippen LogP contribution in [0.3, 0.4) is 0 Å². The van der Waals surface area contributed by atoms with Gasteiger partial charge in [-0.3, -0.25) is 4.79 Å². The Morgan fingerprint density at radius 1 is 1.06 bits per heavy atom. The molecular weight excluding hydrogens is 308 g/mol. The highest BCUT2D eigenvalue weighted by atomic mass is 79.9. The van der Waals surface area contributed by atoms with Gasteiger partial charge in [-0.15, -0.1) is 11.3 Å². The number of benzene rings is 1. The topological polar surface area (TPSA) is 17.1 Å². The highest BCUT2D eigenvalue weighted by Crippen LogP contribution is 2.31. The average molecular weight is 323 g/mol. The summed E-state index contributed by atoms with van der Waals surface area (Å²) in [5.74, 6) is 0.120. The van der Waals surface area contributed by atoms with Crippen LogP contribution in [-0.4, -0.2) is 5.78 Å². The molecule has 2 rings (SSSR count). The van der Waals surface area contributed by atoms with Gasteiger partial charge in [0.2, 0.25) is 5.78 Å². The summed E-state index contributed by atoms with van der Waals surface area (Å²) in [4.78, 5) is 14.6. The lowest BCUT2D eigenvalue weighted by Gasteiger charge is -2.09. The van der Waals surface area contributed by atoms with E-state index in [4.69, 9.17) is 0 Å². The molecule has 0 unspecified atom stereocenters. The van der Waals surface area contributed by atoms with Crippen molar-refractivity contribution >= 4 is 33.0 Å². The Kier molecular flexibility index (Phi) is 3.74. The minimum atomic E-state index is 0.120. The summed E-state index contributed by atoms with van der Waals surface area (Å²) in [5.41, 5.74) is 4.14. The lowest BCUT2D eigenvalue weighted by molar-refractivity contribution is 0.104. The Balaban J connectivity index is 2.56. The molecular formula is C15H15BrOS. The summed E-state index contributed by atoms with van der Waals surface area (Å²) in [6.07, 6.45) is 0. The van der Waals surface area contributed by atoms with E-state index in [9.17, 15) is 4.79 Å². The molecule has 94 valence electrons. The molecule has 18 heavy (non-hydrogen) atoms. The van der Waals surface area contributed by atoms with E-state index in [-0.39, 0.29) is 5.78 Å². The van der Waals surface area contributed by atoms with Gasteiger partial charge >= 0.3 is 0 Å². The van der Waals surface area contributed by atoms with E-state index >= 15 is 0 Å². The summed E-state index contributed by atoms with van der Waals surface area (Å²) in [6.45, 7) is 8.07. The van der Waals surface area contributed by atoms with Crippen molar-refractivity contribution in [3.63, 3.8) is 0 Å². The third-order valence-electron chi connectivity index (χ3n) is 2.92. The molecule has 0 aliphatic rings. The molecule has 0 saturated carbocycles. The van der Waals surface area contributed by atoms with Crippen molar-refractivity contribution in [3.8, 4) is 0 Å². The van der Waals surface area contributed by atoms with E-state index < -0.39 is 0 Å². The normalized spacial score (nSPS) is 10.7. The van der Waals surface area contributed by atoms with Crippen LogP contribution in [0.2, 0.25) is 0 Å². The third kappa shape index (κ3) is 2.43. The molecule has 0 fully saturated rings. The van der Waals surface area contributed by atoms with Crippen molar-refractivity contribution in [2.75, 3.05) is 0 Å². The first-order valence-electron chi connectivity index (χ1n) is 5.78. The van der Waals surface area contributed by atoms with Crippen LogP contribution < -0.4 is 0 Å². The molecule has 1 nitrogen and oxygen atoms in total. The molecule has 1 heterocycles. The van der Waals surface area contributed by atoms with Crippen LogP contribution in [0.1, 0.15) is 36.8 Å². The van der Waals surface area contributed by atoms with Gasteiger partial charge in [-0.2, -0.15) is 0 Å². The SMILES string of the molecule is Cc1cc(C)c(C(=O)c2sc(C)cc2Br)c(C)c1.